The topological polar surface area (TPSA) is 53.9 Å². The maximum Gasteiger partial charge on any atom is 0.205 e. The predicted molar refractivity (Wildman–Crippen MR) is 58.4 cm³/mol. The molecule has 0 amide bonds. The number of rotatable bonds is 1. The van der Waals surface area contributed by atoms with Crippen LogP contribution in [0.2, 0.25) is 0 Å². The van der Waals surface area contributed by atoms with Crippen LogP contribution < -0.4 is 0 Å². The molecular formula is C12H6N4. The van der Waals surface area contributed by atoms with Gasteiger partial charge in [-0.1, -0.05) is 6.07 Å². The number of nitrogens with zero attached hydrogens (tertiary/aromatic N) is 4. The number of nitriles is 1. The summed E-state index contributed by atoms with van der Waals surface area (Å²) < 4.78 is 0. The summed E-state index contributed by atoms with van der Waals surface area (Å²) in [6.45, 7) is 6.81. The lowest BCUT2D eigenvalue weighted by Crippen LogP contribution is -1.86. The van der Waals surface area contributed by atoms with Crippen molar-refractivity contribution in [1.29, 1.82) is 5.26 Å². The van der Waals surface area contributed by atoms with E-state index in [4.69, 9.17) is 11.8 Å². The lowest BCUT2D eigenvalue weighted by Gasteiger charge is -1.99. The van der Waals surface area contributed by atoms with Crippen molar-refractivity contribution >= 4 is 5.69 Å². The molecule has 2 rings (SSSR count). The molecule has 0 saturated heterocycles. The Balaban J connectivity index is 2.36. The van der Waals surface area contributed by atoms with E-state index in [1.165, 1.54) is 12.4 Å². The molecule has 0 aliphatic heterocycles. The number of hydrogen-bond donors (Lipinski definition) is 0. The van der Waals surface area contributed by atoms with Gasteiger partial charge >= 0.3 is 0 Å². The van der Waals surface area contributed by atoms with E-state index in [0.29, 0.717) is 22.6 Å². The number of aromatic nitrogens is 2. The van der Waals surface area contributed by atoms with Crippen molar-refractivity contribution in [2.75, 3.05) is 0 Å². The second kappa shape index (κ2) is 4.20. The molecule has 16 heavy (non-hydrogen) atoms. The molecule has 0 radical (unpaired) electrons. The highest BCUT2D eigenvalue weighted by Crippen LogP contribution is 2.17. The third kappa shape index (κ3) is 1.87. The van der Waals surface area contributed by atoms with Gasteiger partial charge in [0.1, 0.15) is 6.07 Å². The fourth-order valence-corrected chi connectivity index (χ4v) is 1.22. The maximum atomic E-state index is 8.63. The molecule has 74 valence electrons. The predicted octanol–water partition coefficient (Wildman–Crippen LogP) is 2.57. The molecule has 0 atom stereocenters. The van der Waals surface area contributed by atoms with Crippen molar-refractivity contribution in [3.63, 3.8) is 0 Å². The Hall–Kier alpha value is -2.72. The molecule has 0 bridgehead atoms. The van der Waals surface area contributed by atoms with E-state index in [0.717, 1.165) is 0 Å². The monoisotopic (exact) mass is 206 g/mol. The van der Waals surface area contributed by atoms with Crippen LogP contribution in [0.3, 0.4) is 0 Å². The van der Waals surface area contributed by atoms with Crippen molar-refractivity contribution in [3.05, 3.63) is 53.6 Å². The van der Waals surface area contributed by atoms with Gasteiger partial charge in [0.25, 0.3) is 0 Å². The summed E-state index contributed by atoms with van der Waals surface area (Å²) >= 11 is 0. The average Bonchev–Trinajstić information content (AvgIpc) is 2.39. The van der Waals surface area contributed by atoms with Gasteiger partial charge in [0.15, 0.2) is 0 Å². The van der Waals surface area contributed by atoms with Crippen molar-refractivity contribution in [2.24, 2.45) is 0 Å². The van der Waals surface area contributed by atoms with Gasteiger partial charge in [-0.3, -0.25) is 9.97 Å². The summed E-state index contributed by atoms with van der Waals surface area (Å²) in [7, 11) is 0. The lowest BCUT2D eigenvalue weighted by molar-refractivity contribution is 1.24. The van der Waals surface area contributed by atoms with Crippen LogP contribution in [0, 0.1) is 17.9 Å². The van der Waals surface area contributed by atoms with Gasteiger partial charge in [-0.2, -0.15) is 5.26 Å². The standard InChI is InChI=1S/C12H6N4/c1-14-10-3-5-12(16-8-10)11-4-2-9(6-13)7-15-11/h2-5,7-8H. The lowest BCUT2D eigenvalue weighted by atomic mass is 10.2. The van der Waals surface area contributed by atoms with Gasteiger partial charge in [0.05, 0.1) is 23.5 Å². The van der Waals surface area contributed by atoms with E-state index in [2.05, 4.69) is 14.8 Å². The summed E-state index contributed by atoms with van der Waals surface area (Å²) in [4.78, 5) is 11.5. The molecule has 2 aromatic heterocycles. The van der Waals surface area contributed by atoms with Crippen LogP contribution in [-0.2, 0) is 0 Å². The first-order chi connectivity index (χ1) is 7.83. The summed E-state index contributed by atoms with van der Waals surface area (Å²) in [6, 6.07) is 8.85. The largest absolute Gasteiger partial charge is 0.266 e. The molecule has 2 heterocycles. The van der Waals surface area contributed by atoms with E-state index in [9.17, 15) is 0 Å². The zero-order valence-electron chi connectivity index (χ0n) is 8.25. The fourth-order valence-electron chi connectivity index (χ4n) is 1.22. The second-order valence-electron chi connectivity index (χ2n) is 3.06. The highest BCUT2D eigenvalue weighted by molar-refractivity contribution is 5.57. The van der Waals surface area contributed by atoms with E-state index in [-0.39, 0.29) is 0 Å². The molecule has 2 aromatic rings. The van der Waals surface area contributed by atoms with E-state index >= 15 is 0 Å². The minimum Gasteiger partial charge on any atom is -0.266 e. The fraction of sp³-hybridized carbons (Fsp3) is 0. The Morgan fingerprint density at radius 2 is 1.75 bits per heavy atom. The summed E-state index contributed by atoms with van der Waals surface area (Å²) in [6.07, 6.45) is 3.00. The molecule has 0 N–H and O–H groups in total. The van der Waals surface area contributed by atoms with Gasteiger partial charge in [0, 0.05) is 12.4 Å². The van der Waals surface area contributed by atoms with Gasteiger partial charge < -0.3 is 0 Å². The van der Waals surface area contributed by atoms with Crippen LogP contribution in [0.25, 0.3) is 16.2 Å². The molecule has 4 nitrogen and oxygen atoms in total. The summed E-state index contributed by atoms with van der Waals surface area (Å²) in [5.41, 5.74) is 2.39. The van der Waals surface area contributed by atoms with Gasteiger partial charge in [-0.25, -0.2) is 4.85 Å². The van der Waals surface area contributed by atoms with Crippen LogP contribution in [0.4, 0.5) is 5.69 Å². The quantitative estimate of drug-likeness (QED) is 0.674. The molecule has 0 spiro atoms. The Kier molecular flexibility index (Phi) is 2.58. The summed E-state index contributed by atoms with van der Waals surface area (Å²) in [5, 5.41) is 8.63. The van der Waals surface area contributed by atoms with Gasteiger partial charge in [-0.15, -0.1) is 0 Å². The molecule has 0 aromatic carbocycles. The Labute approximate surface area is 92.7 Å². The van der Waals surface area contributed by atoms with Crippen molar-refractivity contribution in [3.8, 4) is 17.5 Å². The van der Waals surface area contributed by atoms with Crippen LogP contribution in [0.5, 0.6) is 0 Å². The van der Waals surface area contributed by atoms with Crippen LogP contribution in [-0.4, -0.2) is 9.97 Å². The molecule has 0 aliphatic rings. The SMILES string of the molecule is [C-]#[N+]c1ccc(-c2ccc(C#N)cn2)nc1. The normalized spacial score (nSPS) is 9.12. The van der Waals surface area contributed by atoms with Gasteiger partial charge in [0.2, 0.25) is 5.69 Å². The summed E-state index contributed by atoms with van der Waals surface area (Å²) in [5.74, 6) is 0. The van der Waals surface area contributed by atoms with Crippen molar-refractivity contribution < 1.29 is 0 Å². The smallest absolute Gasteiger partial charge is 0.205 e. The number of pyridine rings is 2. The van der Waals surface area contributed by atoms with Gasteiger partial charge in [-0.05, 0) is 18.2 Å². The zero-order valence-corrected chi connectivity index (χ0v) is 8.25. The highest BCUT2D eigenvalue weighted by atomic mass is 14.8. The molecule has 0 saturated carbocycles. The third-order valence-corrected chi connectivity index (χ3v) is 2.03. The van der Waals surface area contributed by atoms with Crippen LogP contribution >= 0.6 is 0 Å². The van der Waals surface area contributed by atoms with Crippen molar-refractivity contribution in [1.82, 2.24) is 9.97 Å². The Bertz CT molecular complexity index is 515. The Morgan fingerprint density at radius 3 is 2.19 bits per heavy atom. The maximum absolute atomic E-state index is 8.63. The third-order valence-electron chi connectivity index (χ3n) is 2.03. The number of hydrogen-bond acceptors (Lipinski definition) is 3. The first-order valence-corrected chi connectivity index (χ1v) is 4.53. The minimum atomic E-state index is 0.498. The first kappa shape index (κ1) is 9.82. The molecule has 4 heteroatoms. The van der Waals surface area contributed by atoms with E-state index in [1.807, 2.05) is 6.07 Å². The average molecular weight is 206 g/mol. The Morgan fingerprint density at radius 1 is 1.06 bits per heavy atom. The zero-order chi connectivity index (χ0) is 11.4. The minimum absolute atomic E-state index is 0.498. The van der Waals surface area contributed by atoms with Crippen molar-refractivity contribution in [2.45, 2.75) is 0 Å². The second-order valence-corrected chi connectivity index (χ2v) is 3.06. The highest BCUT2D eigenvalue weighted by Gasteiger charge is 2.00. The molecule has 0 unspecified atom stereocenters. The van der Waals surface area contributed by atoms with Crippen LogP contribution in [0.1, 0.15) is 5.56 Å². The van der Waals surface area contributed by atoms with Crippen LogP contribution in [0.15, 0.2) is 36.7 Å². The first-order valence-electron chi connectivity index (χ1n) is 4.53. The molecule has 0 fully saturated rings. The van der Waals surface area contributed by atoms with E-state index < -0.39 is 0 Å². The van der Waals surface area contributed by atoms with E-state index in [1.54, 1.807) is 24.3 Å². The molecular weight excluding hydrogens is 200 g/mol. The molecule has 0 aliphatic carbocycles.